The maximum atomic E-state index is 14.5. The van der Waals surface area contributed by atoms with Crippen molar-refractivity contribution in [1.29, 1.82) is 0 Å². The summed E-state index contributed by atoms with van der Waals surface area (Å²) < 4.78 is 0. The average Bonchev–Trinajstić information content (AvgIpc) is 3.42. The standard InChI is InChI=1S/C48H62N2O4/c1-32-13-12-25-47(5)42(40-23-19-34(27-39(51)22-18-32)28-41(40)44(52)36-16-10-7-11-17-36)24-26-48(47,54)31-50(30-37-20-21-38-29-43(37)46(38,3)4)45(53)49-33(2)35-14-8-6-9-15-35/h6-11,13-17,19,23,28,33,37-39,42-43,51,54H,12,18,20-22,24-27,29-31H2,1-5H3,(H,49,53)/t33-,37+,38+,39+,42+,43+,47+,48-/m1/s1. The van der Waals surface area contributed by atoms with Crippen molar-refractivity contribution in [3.05, 3.63) is 118 Å². The van der Waals surface area contributed by atoms with Gasteiger partial charge in [0.2, 0.25) is 0 Å². The zero-order chi connectivity index (χ0) is 38.3. The van der Waals surface area contributed by atoms with Gasteiger partial charge in [-0.3, -0.25) is 4.79 Å². The number of nitrogens with one attached hydrogen (secondary N) is 1. The first-order chi connectivity index (χ1) is 25.8. The molecule has 4 bridgehead atoms. The summed E-state index contributed by atoms with van der Waals surface area (Å²) >= 11 is 0. The molecule has 3 aromatic rings. The SMILES string of the molecule is CC1=CCC[C@@]2(C)[C@@H](CC[C@@]2(O)CN(C[C@@H]2CC[C@H]3C[C@@H]2C3(C)C)C(=O)N[C@H](C)c2ccccc2)c2ccc(cc2C(=O)c2ccccc2)C[C@@H](O)CC1. The van der Waals surface area contributed by atoms with Gasteiger partial charge in [0.25, 0.3) is 0 Å². The number of carbonyl (C=O) groups excluding carboxylic acids is 2. The van der Waals surface area contributed by atoms with Crippen LogP contribution in [-0.2, 0) is 6.42 Å². The van der Waals surface area contributed by atoms with Crippen molar-refractivity contribution < 1.29 is 19.8 Å². The molecule has 9 rings (SSSR count). The van der Waals surface area contributed by atoms with Crippen LogP contribution in [0, 0.1) is 28.6 Å². The van der Waals surface area contributed by atoms with Gasteiger partial charge < -0.3 is 20.4 Å². The molecule has 0 heterocycles. The van der Waals surface area contributed by atoms with Crippen LogP contribution in [0.15, 0.2) is 90.5 Å². The van der Waals surface area contributed by atoms with Crippen LogP contribution in [-0.4, -0.2) is 51.7 Å². The third-order valence-electron chi connectivity index (χ3n) is 14.8. The van der Waals surface area contributed by atoms with E-state index in [1.807, 2.05) is 66.4 Å². The molecular weight excluding hydrogens is 669 g/mol. The molecule has 6 aliphatic rings. The summed E-state index contributed by atoms with van der Waals surface area (Å²) in [6, 6.07) is 25.4. The highest BCUT2D eigenvalue weighted by Crippen LogP contribution is 2.62. The second-order valence-corrected chi connectivity index (χ2v) is 18.3. The topological polar surface area (TPSA) is 89.9 Å². The maximum Gasteiger partial charge on any atom is 0.317 e. The largest absolute Gasteiger partial charge is 0.393 e. The van der Waals surface area contributed by atoms with Crippen molar-refractivity contribution in [2.24, 2.45) is 28.6 Å². The minimum atomic E-state index is -1.18. The number of ketones is 1. The predicted octanol–water partition coefficient (Wildman–Crippen LogP) is 9.80. The van der Waals surface area contributed by atoms with E-state index in [9.17, 15) is 19.8 Å². The molecular formula is C48H62N2O4. The first kappa shape index (κ1) is 38.5. The molecule has 0 radical (unpaired) electrons. The Balaban J connectivity index is 1.26. The Kier molecular flexibility index (Phi) is 11.0. The van der Waals surface area contributed by atoms with E-state index >= 15 is 0 Å². The summed E-state index contributed by atoms with van der Waals surface area (Å²) in [4.78, 5) is 30.9. The fraction of sp³-hybridized carbons (Fsp3) is 0.542. The number of urea groups is 1. The molecule has 4 fully saturated rings. The first-order valence-electron chi connectivity index (χ1n) is 20.7. The molecule has 54 heavy (non-hydrogen) atoms. The average molecular weight is 731 g/mol. The third kappa shape index (κ3) is 7.45. The number of allylic oxidation sites excluding steroid dienone is 2. The molecule has 0 saturated heterocycles. The Morgan fingerprint density at radius 2 is 1.65 bits per heavy atom. The lowest BCUT2D eigenvalue weighted by Crippen LogP contribution is -2.59. The van der Waals surface area contributed by atoms with Crippen LogP contribution in [0.2, 0.25) is 0 Å². The lowest BCUT2D eigenvalue weighted by Gasteiger charge is -2.60. The van der Waals surface area contributed by atoms with Crippen LogP contribution in [0.25, 0.3) is 0 Å². The fourth-order valence-corrected chi connectivity index (χ4v) is 11.0. The van der Waals surface area contributed by atoms with E-state index in [2.05, 4.69) is 63.4 Å². The smallest absolute Gasteiger partial charge is 0.317 e. The number of hydrogen-bond acceptors (Lipinski definition) is 4. The molecule has 3 aromatic carbocycles. The fourth-order valence-electron chi connectivity index (χ4n) is 11.0. The predicted molar refractivity (Wildman–Crippen MR) is 216 cm³/mol. The van der Waals surface area contributed by atoms with Crippen LogP contribution < -0.4 is 5.32 Å². The van der Waals surface area contributed by atoms with E-state index < -0.39 is 17.1 Å². The van der Waals surface area contributed by atoms with Crippen molar-refractivity contribution in [2.75, 3.05) is 13.1 Å². The highest BCUT2D eigenvalue weighted by molar-refractivity contribution is 6.10. The van der Waals surface area contributed by atoms with E-state index in [1.165, 1.54) is 18.4 Å². The van der Waals surface area contributed by atoms with Crippen molar-refractivity contribution in [3.8, 4) is 0 Å². The van der Waals surface area contributed by atoms with Crippen molar-refractivity contribution in [2.45, 2.75) is 122 Å². The van der Waals surface area contributed by atoms with E-state index in [-0.39, 0.29) is 35.7 Å². The monoisotopic (exact) mass is 730 g/mol. The van der Waals surface area contributed by atoms with Crippen LogP contribution in [0.5, 0.6) is 0 Å². The molecule has 0 aromatic heterocycles. The van der Waals surface area contributed by atoms with Gasteiger partial charge in [-0.2, -0.15) is 0 Å². The van der Waals surface area contributed by atoms with Gasteiger partial charge >= 0.3 is 6.03 Å². The quantitative estimate of drug-likeness (QED) is 0.159. The summed E-state index contributed by atoms with van der Waals surface area (Å²) in [5.74, 6) is 1.60. The van der Waals surface area contributed by atoms with Gasteiger partial charge in [-0.25, -0.2) is 4.79 Å². The Bertz CT molecular complexity index is 1840. The van der Waals surface area contributed by atoms with Crippen LogP contribution >= 0.6 is 0 Å². The normalized spacial score (nSPS) is 30.9. The molecule has 6 nitrogen and oxygen atoms in total. The molecule has 8 atom stereocenters. The van der Waals surface area contributed by atoms with Crippen LogP contribution in [0.1, 0.15) is 137 Å². The van der Waals surface area contributed by atoms with E-state index in [4.69, 9.17) is 0 Å². The van der Waals surface area contributed by atoms with Crippen molar-refractivity contribution in [1.82, 2.24) is 10.2 Å². The second-order valence-electron chi connectivity index (χ2n) is 18.3. The summed E-state index contributed by atoms with van der Waals surface area (Å²) in [6.45, 7) is 12.1. The number of aliphatic hydroxyl groups excluding tert-OH is 1. The number of hydrogen-bond donors (Lipinski definition) is 3. The number of fused-ring (bicyclic) bond motifs is 10. The molecule has 4 saturated carbocycles. The minimum Gasteiger partial charge on any atom is -0.393 e. The number of benzene rings is 3. The van der Waals surface area contributed by atoms with Gasteiger partial charge in [-0.15, -0.1) is 0 Å². The molecule has 0 unspecified atom stereocenters. The summed E-state index contributed by atoms with van der Waals surface area (Å²) in [5, 5.41) is 27.6. The lowest BCUT2D eigenvalue weighted by atomic mass is 9.45. The number of carbonyl (C=O) groups is 2. The zero-order valence-corrected chi connectivity index (χ0v) is 33.2. The zero-order valence-electron chi connectivity index (χ0n) is 33.2. The number of rotatable bonds is 8. The van der Waals surface area contributed by atoms with Gasteiger partial charge in [0, 0.05) is 23.1 Å². The lowest BCUT2D eigenvalue weighted by molar-refractivity contribution is -0.118. The molecule has 6 heteroatoms. The Morgan fingerprint density at radius 1 is 0.926 bits per heavy atom. The first-order valence-corrected chi connectivity index (χ1v) is 20.7. The molecule has 6 aliphatic carbocycles. The van der Waals surface area contributed by atoms with Crippen molar-refractivity contribution >= 4 is 11.8 Å². The Hall–Kier alpha value is -3.74. The molecule has 3 N–H and O–H groups in total. The van der Waals surface area contributed by atoms with Gasteiger partial charge in [-0.1, -0.05) is 105 Å². The summed E-state index contributed by atoms with van der Waals surface area (Å²) in [7, 11) is 0. The van der Waals surface area contributed by atoms with E-state index in [0.717, 1.165) is 41.9 Å². The number of amides is 2. The Morgan fingerprint density at radius 3 is 2.35 bits per heavy atom. The van der Waals surface area contributed by atoms with E-state index in [0.29, 0.717) is 61.6 Å². The maximum absolute atomic E-state index is 14.5. The van der Waals surface area contributed by atoms with Crippen LogP contribution in [0.3, 0.4) is 0 Å². The molecule has 288 valence electrons. The molecule has 2 amide bonds. The second kappa shape index (κ2) is 15.4. The number of aliphatic hydroxyl groups is 2. The third-order valence-corrected chi connectivity index (χ3v) is 14.8. The van der Waals surface area contributed by atoms with Crippen molar-refractivity contribution in [3.63, 3.8) is 0 Å². The summed E-state index contributed by atoms with van der Waals surface area (Å²) in [5.41, 5.74) is 3.97. The van der Waals surface area contributed by atoms with Gasteiger partial charge in [0.05, 0.1) is 24.3 Å². The molecule has 0 spiro atoms. The minimum absolute atomic E-state index is 0.0304. The van der Waals surface area contributed by atoms with E-state index in [1.54, 1.807) is 0 Å². The highest BCUT2D eigenvalue weighted by atomic mass is 16.3. The Labute approximate surface area is 323 Å². The van der Waals surface area contributed by atoms with Gasteiger partial charge in [0.15, 0.2) is 5.78 Å². The molecule has 0 aliphatic heterocycles. The summed E-state index contributed by atoms with van der Waals surface area (Å²) in [6.07, 6.45) is 10.0. The highest BCUT2D eigenvalue weighted by Gasteiger charge is 2.59. The van der Waals surface area contributed by atoms with Crippen LogP contribution in [0.4, 0.5) is 4.79 Å². The van der Waals surface area contributed by atoms with Gasteiger partial charge in [-0.05, 0) is 130 Å². The number of nitrogens with zero attached hydrogens (tertiary/aromatic N) is 1. The van der Waals surface area contributed by atoms with Gasteiger partial charge in [0.1, 0.15) is 0 Å².